The first kappa shape index (κ1) is 26.3. The van der Waals surface area contributed by atoms with Crippen molar-refractivity contribution in [1.82, 2.24) is 15.3 Å². The van der Waals surface area contributed by atoms with Crippen LogP contribution >= 0.6 is 0 Å². The van der Waals surface area contributed by atoms with E-state index in [4.69, 9.17) is 0 Å². The third-order valence-electron chi connectivity index (χ3n) is 7.93. The predicted octanol–water partition coefficient (Wildman–Crippen LogP) is 5.29. The minimum absolute atomic E-state index is 0.0321. The molecule has 5 rings (SSSR count). The third-order valence-corrected chi connectivity index (χ3v) is 9.26. The molecule has 1 unspecified atom stereocenters. The number of carboxylic acid groups (broad SMARTS) is 1. The lowest BCUT2D eigenvalue weighted by Gasteiger charge is -2.36. The molecule has 1 aromatic heterocycles. The van der Waals surface area contributed by atoms with Gasteiger partial charge in [-0.3, -0.25) is 0 Å². The fourth-order valence-electron chi connectivity index (χ4n) is 5.45. The van der Waals surface area contributed by atoms with Crippen LogP contribution in [0, 0.1) is 19.3 Å². The second-order valence-corrected chi connectivity index (χ2v) is 12.6. The first-order valence-corrected chi connectivity index (χ1v) is 14.6. The first-order chi connectivity index (χ1) is 18.1. The second-order valence-electron chi connectivity index (χ2n) is 11.0. The first-order valence-electron chi connectivity index (χ1n) is 13.1. The SMILES string of the molecule is Cc1cccc(C)c1-c1cc(C(C)CCNC2CC3(CC3)C2)nc(NS(=O)(=O)c2cccc(C(=O)O)c2)n1. The number of nitrogens with zero attached hydrogens (tertiary/aromatic N) is 2. The number of rotatable bonds is 10. The Morgan fingerprint density at radius 2 is 1.76 bits per heavy atom. The van der Waals surface area contributed by atoms with Crippen molar-refractivity contribution in [3.8, 4) is 11.3 Å². The summed E-state index contributed by atoms with van der Waals surface area (Å²) in [6, 6.07) is 13.8. The summed E-state index contributed by atoms with van der Waals surface area (Å²) in [4.78, 5) is 20.4. The quantitative estimate of drug-likeness (QED) is 0.323. The molecule has 0 saturated heterocycles. The Hall–Kier alpha value is -3.30. The summed E-state index contributed by atoms with van der Waals surface area (Å²) >= 11 is 0. The topological polar surface area (TPSA) is 121 Å². The Morgan fingerprint density at radius 1 is 1.08 bits per heavy atom. The van der Waals surface area contributed by atoms with Crippen LogP contribution in [-0.4, -0.2) is 42.0 Å². The third kappa shape index (κ3) is 5.59. The zero-order chi connectivity index (χ0) is 27.1. The number of nitrogens with one attached hydrogen (secondary N) is 2. The van der Waals surface area contributed by atoms with E-state index in [1.165, 1.54) is 43.9 Å². The van der Waals surface area contributed by atoms with Crippen molar-refractivity contribution in [3.63, 3.8) is 0 Å². The largest absolute Gasteiger partial charge is 0.478 e. The Labute approximate surface area is 224 Å². The zero-order valence-electron chi connectivity index (χ0n) is 22.0. The Balaban J connectivity index is 1.42. The van der Waals surface area contributed by atoms with Crippen molar-refractivity contribution in [2.75, 3.05) is 11.3 Å². The van der Waals surface area contributed by atoms with Crippen LogP contribution in [0.15, 0.2) is 53.4 Å². The van der Waals surface area contributed by atoms with Gasteiger partial charge < -0.3 is 10.4 Å². The number of aromatic carboxylic acids is 1. The summed E-state index contributed by atoms with van der Waals surface area (Å²) in [5.41, 5.74) is 4.96. The van der Waals surface area contributed by atoms with Gasteiger partial charge in [0.05, 0.1) is 16.2 Å². The van der Waals surface area contributed by atoms with Crippen molar-refractivity contribution in [2.24, 2.45) is 5.41 Å². The average molecular weight is 535 g/mol. The summed E-state index contributed by atoms with van der Waals surface area (Å²) in [5.74, 6) is -1.16. The number of aryl methyl sites for hydroxylation is 2. The van der Waals surface area contributed by atoms with E-state index in [1.807, 2.05) is 38.1 Å². The lowest BCUT2D eigenvalue weighted by Crippen LogP contribution is -2.42. The van der Waals surface area contributed by atoms with Crippen molar-refractivity contribution in [2.45, 2.75) is 69.7 Å². The fraction of sp³-hybridized carbons (Fsp3) is 0.414. The highest BCUT2D eigenvalue weighted by Crippen LogP contribution is 2.60. The molecule has 0 bridgehead atoms. The molecule has 0 radical (unpaired) electrons. The molecule has 3 N–H and O–H groups in total. The van der Waals surface area contributed by atoms with Crippen molar-refractivity contribution in [1.29, 1.82) is 0 Å². The van der Waals surface area contributed by atoms with Gasteiger partial charge in [0.1, 0.15) is 0 Å². The molecular formula is C29H34N4O4S. The molecule has 1 heterocycles. The van der Waals surface area contributed by atoms with Crippen LogP contribution in [0.4, 0.5) is 5.95 Å². The maximum atomic E-state index is 13.2. The predicted molar refractivity (Wildman–Crippen MR) is 147 cm³/mol. The second kappa shape index (κ2) is 10.1. The maximum absolute atomic E-state index is 13.2. The van der Waals surface area contributed by atoms with Crippen LogP contribution in [0.1, 0.15) is 72.1 Å². The number of aromatic nitrogens is 2. The highest BCUT2D eigenvalue weighted by atomic mass is 32.2. The van der Waals surface area contributed by atoms with Gasteiger partial charge in [0, 0.05) is 17.3 Å². The molecule has 2 aliphatic carbocycles. The highest BCUT2D eigenvalue weighted by Gasteiger charge is 2.52. The fourth-order valence-corrected chi connectivity index (χ4v) is 6.44. The molecule has 2 saturated carbocycles. The number of benzene rings is 2. The van der Waals surface area contributed by atoms with E-state index in [2.05, 4.69) is 26.9 Å². The van der Waals surface area contributed by atoms with E-state index in [0.717, 1.165) is 41.4 Å². The molecule has 1 atom stereocenters. The minimum Gasteiger partial charge on any atom is -0.478 e. The molecule has 0 aliphatic heterocycles. The summed E-state index contributed by atoms with van der Waals surface area (Å²) in [6.45, 7) is 6.97. The number of carboxylic acids is 1. The Kier molecular flexibility index (Phi) is 7.00. The molecule has 1 spiro atoms. The Morgan fingerprint density at radius 3 is 2.42 bits per heavy atom. The molecule has 2 aliphatic rings. The van der Waals surface area contributed by atoms with Crippen LogP contribution in [-0.2, 0) is 10.0 Å². The van der Waals surface area contributed by atoms with Crippen LogP contribution < -0.4 is 10.0 Å². The normalized spacial score (nSPS) is 17.1. The van der Waals surface area contributed by atoms with E-state index in [9.17, 15) is 18.3 Å². The molecule has 200 valence electrons. The van der Waals surface area contributed by atoms with E-state index >= 15 is 0 Å². The minimum atomic E-state index is -4.11. The van der Waals surface area contributed by atoms with Crippen LogP contribution in [0.3, 0.4) is 0 Å². The van der Waals surface area contributed by atoms with E-state index in [-0.39, 0.29) is 22.3 Å². The number of hydrogen-bond donors (Lipinski definition) is 3. The van der Waals surface area contributed by atoms with Gasteiger partial charge in [-0.1, -0.05) is 31.2 Å². The van der Waals surface area contributed by atoms with E-state index in [0.29, 0.717) is 17.2 Å². The summed E-state index contributed by atoms with van der Waals surface area (Å²) < 4.78 is 28.9. The van der Waals surface area contributed by atoms with Gasteiger partial charge in [-0.25, -0.2) is 27.9 Å². The number of carbonyl (C=O) groups is 1. The van der Waals surface area contributed by atoms with Gasteiger partial charge in [-0.05, 0) is 99.2 Å². The molecule has 2 aromatic carbocycles. The maximum Gasteiger partial charge on any atom is 0.335 e. The lowest BCUT2D eigenvalue weighted by molar-refractivity contribution is 0.0696. The van der Waals surface area contributed by atoms with Crippen molar-refractivity contribution >= 4 is 21.9 Å². The standard InChI is InChI=1S/C29H34N4O4S/c1-18(10-13-30-22-16-29(17-22)11-12-29)24-15-25(26-19(2)6-4-7-20(26)3)32-28(31-24)33-38(36,37)23-9-5-8-21(14-23)27(34)35/h4-9,14-15,18,22,30H,10-13,16-17H2,1-3H3,(H,34,35)(H,31,32,33). The molecule has 0 amide bonds. The molecule has 9 heteroatoms. The molecular weight excluding hydrogens is 500 g/mol. The molecule has 38 heavy (non-hydrogen) atoms. The summed E-state index contributed by atoms with van der Waals surface area (Å²) in [7, 11) is -4.11. The van der Waals surface area contributed by atoms with Crippen molar-refractivity contribution < 1.29 is 18.3 Å². The van der Waals surface area contributed by atoms with Crippen LogP contribution in [0.5, 0.6) is 0 Å². The number of anilines is 1. The highest BCUT2D eigenvalue weighted by molar-refractivity contribution is 7.92. The van der Waals surface area contributed by atoms with E-state index in [1.54, 1.807) is 0 Å². The smallest absolute Gasteiger partial charge is 0.335 e. The van der Waals surface area contributed by atoms with Gasteiger partial charge in [0.2, 0.25) is 5.95 Å². The molecule has 3 aromatic rings. The van der Waals surface area contributed by atoms with Crippen LogP contribution in [0.25, 0.3) is 11.3 Å². The monoisotopic (exact) mass is 534 g/mol. The molecule has 2 fully saturated rings. The van der Waals surface area contributed by atoms with Crippen LogP contribution in [0.2, 0.25) is 0 Å². The van der Waals surface area contributed by atoms with Gasteiger partial charge in [-0.15, -0.1) is 0 Å². The summed E-state index contributed by atoms with van der Waals surface area (Å²) in [6.07, 6.45) is 6.17. The van der Waals surface area contributed by atoms with Gasteiger partial charge >= 0.3 is 5.97 Å². The number of hydrogen-bond acceptors (Lipinski definition) is 6. The Bertz CT molecular complexity index is 1460. The lowest BCUT2D eigenvalue weighted by atomic mass is 9.77. The number of sulfonamides is 1. The zero-order valence-corrected chi connectivity index (χ0v) is 22.8. The average Bonchev–Trinajstić information content (AvgIpc) is 3.64. The van der Waals surface area contributed by atoms with Gasteiger partial charge in [0.15, 0.2) is 0 Å². The van der Waals surface area contributed by atoms with Gasteiger partial charge in [-0.2, -0.15) is 0 Å². The molecule has 8 nitrogen and oxygen atoms in total. The van der Waals surface area contributed by atoms with Gasteiger partial charge in [0.25, 0.3) is 10.0 Å². The summed E-state index contributed by atoms with van der Waals surface area (Å²) in [5, 5.41) is 13.0. The van der Waals surface area contributed by atoms with E-state index < -0.39 is 16.0 Å². The van der Waals surface area contributed by atoms with Crippen molar-refractivity contribution in [3.05, 3.63) is 70.9 Å².